The summed E-state index contributed by atoms with van der Waals surface area (Å²) < 4.78 is 39.1. The Kier molecular flexibility index (Phi) is 4.93. The van der Waals surface area contributed by atoms with Crippen LogP contribution in [-0.4, -0.2) is 36.0 Å². The summed E-state index contributed by atoms with van der Waals surface area (Å²) >= 11 is 0. The van der Waals surface area contributed by atoms with Crippen molar-refractivity contribution in [2.75, 3.05) is 13.1 Å². The topological polar surface area (TPSA) is 61.4 Å². The van der Waals surface area contributed by atoms with Crippen molar-refractivity contribution in [1.29, 1.82) is 0 Å². The number of rotatable bonds is 4. The number of alkyl halides is 3. The lowest BCUT2D eigenvalue weighted by atomic mass is 10.0. The van der Waals surface area contributed by atoms with E-state index in [0.717, 1.165) is 11.0 Å². The Hall–Kier alpha value is -2.09. The van der Waals surface area contributed by atoms with Gasteiger partial charge in [0.05, 0.1) is 11.6 Å². The molecular weight excluding hydrogens is 311 g/mol. The highest BCUT2D eigenvalue weighted by atomic mass is 19.4. The van der Waals surface area contributed by atoms with Crippen LogP contribution in [0.3, 0.4) is 0 Å². The monoisotopic (exact) mass is 329 g/mol. The lowest BCUT2D eigenvalue weighted by Crippen LogP contribution is -2.47. The van der Waals surface area contributed by atoms with Gasteiger partial charge >= 0.3 is 12.2 Å². The molecule has 1 aromatic rings. The third-order valence-electron chi connectivity index (χ3n) is 3.73. The second kappa shape index (κ2) is 6.57. The van der Waals surface area contributed by atoms with Crippen molar-refractivity contribution in [1.82, 2.24) is 15.5 Å². The number of carbonyl (C=O) groups excluding carboxylic acids is 2. The van der Waals surface area contributed by atoms with E-state index >= 15 is 0 Å². The van der Waals surface area contributed by atoms with E-state index in [0.29, 0.717) is 6.54 Å². The summed E-state index contributed by atoms with van der Waals surface area (Å²) in [4.78, 5) is 24.7. The second-order valence-electron chi connectivity index (χ2n) is 5.42. The summed E-state index contributed by atoms with van der Waals surface area (Å²) in [7, 11) is 0. The van der Waals surface area contributed by atoms with E-state index in [1.54, 1.807) is 6.92 Å². The Bertz CT molecular complexity index is 604. The predicted molar refractivity (Wildman–Crippen MR) is 77.6 cm³/mol. The van der Waals surface area contributed by atoms with E-state index in [-0.39, 0.29) is 12.1 Å². The number of amides is 3. The van der Waals surface area contributed by atoms with E-state index in [9.17, 15) is 22.8 Å². The van der Waals surface area contributed by atoms with Gasteiger partial charge in [-0.2, -0.15) is 13.2 Å². The van der Waals surface area contributed by atoms with Gasteiger partial charge < -0.3 is 5.32 Å². The smallest absolute Gasteiger partial charge is 0.336 e. The van der Waals surface area contributed by atoms with Crippen molar-refractivity contribution in [3.8, 4) is 0 Å². The quantitative estimate of drug-likeness (QED) is 0.891. The lowest BCUT2D eigenvalue weighted by molar-refractivity contribution is -0.138. The molecule has 5 nitrogen and oxygen atoms in total. The van der Waals surface area contributed by atoms with Gasteiger partial charge in [-0.3, -0.25) is 15.0 Å². The molecule has 1 aliphatic rings. The maximum atomic E-state index is 13.0. The number of urea groups is 1. The van der Waals surface area contributed by atoms with Crippen molar-refractivity contribution in [2.45, 2.75) is 32.1 Å². The minimum absolute atomic E-state index is 0.0607. The van der Waals surface area contributed by atoms with E-state index in [1.807, 2.05) is 0 Å². The summed E-state index contributed by atoms with van der Waals surface area (Å²) in [5.74, 6) is -0.462. The molecule has 1 heterocycles. The minimum Gasteiger partial charge on any atom is -0.336 e. The number of nitrogens with zero attached hydrogens (tertiary/aromatic N) is 1. The molecule has 0 aromatic heterocycles. The van der Waals surface area contributed by atoms with Crippen molar-refractivity contribution in [3.05, 3.63) is 35.4 Å². The molecule has 0 aliphatic carbocycles. The van der Waals surface area contributed by atoms with Crippen LogP contribution in [0.2, 0.25) is 0 Å². The predicted octanol–water partition coefficient (Wildman–Crippen LogP) is 2.30. The fourth-order valence-corrected chi connectivity index (χ4v) is 2.58. The SMILES string of the molecule is C[C@H](N[C@H](C)C(=O)N1CCNC1=O)c1ccccc1C(F)(F)F. The van der Waals surface area contributed by atoms with Crippen molar-refractivity contribution in [3.63, 3.8) is 0 Å². The van der Waals surface area contributed by atoms with Crippen molar-refractivity contribution < 1.29 is 22.8 Å². The van der Waals surface area contributed by atoms with Crippen LogP contribution >= 0.6 is 0 Å². The molecule has 0 saturated carbocycles. The number of carbonyl (C=O) groups is 2. The molecule has 3 amide bonds. The van der Waals surface area contributed by atoms with Gasteiger partial charge in [-0.25, -0.2) is 4.79 Å². The molecule has 0 radical (unpaired) electrons. The molecular formula is C15H18F3N3O2. The number of hydrogen-bond acceptors (Lipinski definition) is 3. The Balaban J connectivity index is 2.11. The molecule has 1 saturated heterocycles. The molecule has 0 spiro atoms. The average Bonchev–Trinajstić information content (AvgIpc) is 2.91. The summed E-state index contributed by atoms with van der Waals surface area (Å²) in [6.07, 6.45) is -4.46. The number of nitrogens with one attached hydrogen (secondary N) is 2. The number of halogens is 3. The number of imide groups is 1. The van der Waals surface area contributed by atoms with Crippen molar-refractivity contribution >= 4 is 11.9 Å². The third kappa shape index (κ3) is 3.82. The fourth-order valence-electron chi connectivity index (χ4n) is 2.58. The molecule has 23 heavy (non-hydrogen) atoms. The van der Waals surface area contributed by atoms with Crippen LogP contribution in [0.25, 0.3) is 0 Å². The van der Waals surface area contributed by atoms with Gasteiger partial charge in [0.1, 0.15) is 0 Å². The van der Waals surface area contributed by atoms with Crippen molar-refractivity contribution in [2.24, 2.45) is 0 Å². The van der Waals surface area contributed by atoms with Gasteiger partial charge in [0.25, 0.3) is 0 Å². The fraction of sp³-hybridized carbons (Fsp3) is 0.467. The molecule has 1 fully saturated rings. The molecule has 1 aromatic carbocycles. The molecule has 2 atom stereocenters. The van der Waals surface area contributed by atoms with Crippen LogP contribution in [0.4, 0.5) is 18.0 Å². The first kappa shape index (κ1) is 17.3. The normalized spacial score (nSPS) is 17.8. The zero-order valence-corrected chi connectivity index (χ0v) is 12.8. The van der Waals surface area contributed by atoms with Crippen LogP contribution < -0.4 is 10.6 Å². The number of benzene rings is 1. The van der Waals surface area contributed by atoms with Gasteiger partial charge in [0.15, 0.2) is 0 Å². The molecule has 126 valence electrons. The molecule has 0 unspecified atom stereocenters. The van der Waals surface area contributed by atoms with E-state index in [1.165, 1.54) is 25.1 Å². The molecule has 0 bridgehead atoms. The van der Waals surface area contributed by atoms with Gasteiger partial charge in [0.2, 0.25) is 5.91 Å². The average molecular weight is 329 g/mol. The van der Waals surface area contributed by atoms with E-state index in [2.05, 4.69) is 10.6 Å². The zero-order valence-electron chi connectivity index (χ0n) is 12.8. The highest BCUT2D eigenvalue weighted by Gasteiger charge is 2.35. The van der Waals surface area contributed by atoms with Gasteiger partial charge in [-0.1, -0.05) is 18.2 Å². The minimum atomic E-state index is -4.46. The Labute approximate surface area is 131 Å². The third-order valence-corrected chi connectivity index (χ3v) is 3.73. The van der Waals surface area contributed by atoms with Crippen LogP contribution in [0.15, 0.2) is 24.3 Å². The molecule has 1 aliphatic heterocycles. The summed E-state index contributed by atoms with van der Waals surface area (Å²) in [6.45, 7) is 3.72. The largest absolute Gasteiger partial charge is 0.416 e. The summed E-state index contributed by atoms with van der Waals surface area (Å²) in [5, 5.41) is 5.34. The highest BCUT2D eigenvalue weighted by molar-refractivity contribution is 5.98. The van der Waals surface area contributed by atoms with Crippen LogP contribution in [0.1, 0.15) is 31.0 Å². The first-order chi connectivity index (χ1) is 10.7. The highest BCUT2D eigenvalue weighted by Crippen LogP contribution is 2.34. The maximum Gasteiger partial charge on any atom is 0.416 e. The van der Waals surface area contributed by atoms with Crippen LogP contribution in [0.5, 0.6) is 0 Å². The number of hydrogen-bond donors (Lipinski definition) is 2. The second-order valence-corrected chi connectivity index (χ2v) is 5.42. The van der Waals surface area contributed by atoms with E-state index in [4.69, 9.17) is 0 Å². The maximum absolute atomic E-state index is 13.0. The standard InChI is InChI=1S/C15H18F3N3O2/c1-9(11-5-3-4-6-12(11)15(16,17)18)20-10(2)13(22)21-8-7-19-14(21)23/h3-6,9-10,20H,7-8H2,1-2H3,(H,19,23)/t9-,10+/m0/s1. The van der Waals surface area contributed by atoms with Crippen LogP contribution in [-0.2, 0) is 11.0 Å². The first-order valence-corrected chi connectivity index (χ1v) is 7.23. The van der Waals surface area contributed by atoms with Crippen LogP contribution in [0, 0.1) is 0 Å². The summed E-state index contributed by atoms with van der Waals surface area (Å²) in [5.41, 5.74) is -0.677. The zero-order chi connectivity index (χ0) is 17.2. The molecule has 8 heteroatoms. The van der Waals surface area contributed by atoms with Gasteiger partial charge in [-0.05, 0) is 25.5 Å². The molecule has 2 N–H and O–H groups in total. The van der Waals surface area contributed by atoms with Gasteiger partial charge in [-0.15, -0.1) is 0 Å². The Morgan fingerprint density at radius 3 is 2.52 bits per heavy atom. The molecule has 2 rings (SSSR count). The van der Waals surface area contributed by atoms with E-state index < -0.39 is 35.8 Å². The lowest BCUT2D eigenvalue weighted by Gasteiger charge is -2.24. The summed E-state index contributed by atoms with van der Waals surface area (Å²) in [6, 6.07) is 3.26. The Morgan fingerprint density at radius 1 is 1.30 bits per heavy atom. The van der Waals surface area contributed by atoms with Gasteiger partial charge in [0, 0.05) is 19.1 Å². The Morgan fingerprint density at radius 2 is 1.96 bits per heavy atom. The first-order valence-electron chi connectivity index (χ1n) is 7.23.